The highest BCUT2D eigenvalue weighted by molar-refractivity contribution is 5.78. The fourth-order valence-corrected chi connectivity index (χ4v) is 0. The van der Waals surface area contributed by atoms with Crippen LogP contribution in [0, 0.1) is 5.92 Å². The van der Waals surface area contributed by atoms with E-state index in [1.54, 1.807) is 13.8 Å². The van der Waals surface area contributed by atoms with E-state index >= 15 is 0 Å². The molecule has 0 unspecified atom stereocenters. The minimum absolute atomic E-state index is 0.231. The molecule has 0 spiro atoms. The van der Waals surface area contributed by atoms with E-state index in [0.717, 1.165) is 6.08 Å². The molecule has 0 radical (unpaired) electrons. The molecule has 0 rings (SSSR count). The lowest BCUT2D eigenvalue weighted by Crippen LogP contribution is -2.03. The topological polar surface area (TPSA) is 74.6 Å². The van der Waals surface area contributed by atoms with Crippen LogP contribution in [-0.4, -0.2) is 22.2 Å². The molecule has 0 aromatic heterocycles. The zero-order valence-corrected chi connectivity index (χ0v) is 6.57. The van der Waals surface area contributed by atoms with Gasteiger partial charge in [-0.3, -0.25) is 4.79 Å². The summed E-state index contributed by atoms with van der Waals surface area (Å²) in [4.78, 5) is 18.9. The van der Waals surface area contributed by atoms with Gasteiger partial charge in [-0.1, -0.05) is 20.4 Å². The van der Waals surface area contributed by atoms with Crippen LogP contribution >= 0.6 is 0 Å². The van der Waals surface area contributed by atoms with Crippen LogP contribution in [0.15, 0.2) is 12.7 Å². The lowest BCUT2D eigenvalue weighted by atomic mass is 10.2. The van der Waals surface area contributed by atoms with Crippen LogP contribution in [0.1, 0.15) is 13.8 Å². The molecule has 4 nitrogen and oxygen atoms in total. The van der Waals surface area contributed by atoms with Crippen LogP contribution in [0.4, 0.5) is 0 Å². The first-order chi connectivity index (χ1) is 4.91. The summed E-state index contributed by atoms with van der Waals surface area (Å²) in [6.07, 6.45) is 0.833. The predicted octanol–water partition coefficient (Wildman–Crippen LogP) is 0.984. The Morgan fingerprint density at radius 2 is 1.55 bits per heavy atom. The summed E-state index contributed by atoms with van der Waals surface area (Å²) >= 11 is 0. The summed E-state index contributed by atoms with van der Waals surface area (Å²) in [5.41, 5.74) is 0. The molecule has 2 N–H and O–H groups in total. The smallest absolute Gasteiger partial charge is 0.327 e. The van der Waals surface area contributed by atoms with E-state index in [1.807, 2.05) is 0 Å². The summed E-state index contributed by atoms with van der Waals surface area (Å²) in [5, 5.41) is 15.6. The van der Waals surface area contributed by atoms with E-state index in [2.05, 4.69) is 6.58 Å². The Balaban J connectivity index is 0. The molecule has 4 heteroatoms. The maximum absolute atomic E-state index is 9.70. The lowest BCUT2D eigenvalue weighted by molar-refractivity contribution is -0.140. The molecule has 64 valence electrons. The van der Waals surface area contributed by atoms with Crippen molar-refractivity contribution in [3.8, 4) is 0 Å². The third-order valence-electron chi connectivity index (χ3n) is 0.669. The molecule has 0 aliphatic heterocycles. The van der Waals surface area contributed by atoms with Crippen molar-refractivity contribution in [1.29, 1.82) is 0 Å². The Labute approximate surface area is 65.2 Å². The Bertz CT molecular complexity index is 149. The fourth-order valence-electron chi connectivity index (χ4n) is 0. The van der Waals surface area contributed by atoms with Crippen molar-refractivity contribution in [3.63, 3.8) is 0 Å². The standard InChI is InChI=1S/C4H8O2.C3H4O2/c1-3(2)4(5)6;1-2-3(4)5/h3H,1-2H3,(H,5,6);2H,1H2,(H,4,5). The summed E-state index contributed by atoms with van der Waals surface area (Å²) in [5.74, 6) is -1.95. The highest BCUT2D eigenvalue weighted by Crippen LogP contribution is 1.87. The number of carboxylic acids is 2. The normalized spacial score (nSPS) is 7.91. The maximum atomic E-state index is 9.70. The van der Waals surface area contributed by atoms with E-state index in [4.69, 9.17) is 10.2 Å². The molecule has 0 amide bonds. The fraction of sp³-hybridized carbons (Fsp3) is 0.429. The second-order valence-electron chi connectivity index (χ2n) is 2.04. The average Bonchev–Trinajstić information content (AvgIpc) is 1.89. The number of carbonyl (C=O) groups is 2. The first-order valence-electron chi connectivity index (χ1n) is 3.00. The van der Waals surface area contributed by atoms with Crippen LogP contribution in [-0.2, 0) is 9.59 Å². The zero-order chi connectivity index (χ0) is 9.44. The Kier molecular flexibility index (Phi) is 7.64. The van der Waals surface area contributed by atoms with Gasteiger partial charge in [0.1, 0.15) is 0 Å². The van der Waals surface area contributed by atoms with Gasteiger partial charge in [-0.05, 0) is 0 Å². The Hall–Kier alpha value is -1.32. The van der Waals surface area contributed by atoms with Gasteiger partial charge >= 0.3 is 11.9 Å². The van der Waals surface area contributed by atoms with Crippen molar-refractivity contribution in [1.82, 2.24) is 0 Å². The molecular formula is C7H12O4. The molecule has 0 aliphatic rings. The molecule has 0 atom stereocenters. The van der Waals surface area contributed by atoms with Crippen molar-refractivity contribution in [2.75, 3.05) is 0 Å². The summed E-state index contributed by atoms with van der Waals surface area (Å²) in [6, 6.07) is 0. The van der Waals surface area contributed by atoms with Crippen molar-refractivity contribution >= 4 is 11.9 Å². The lowest BCUT2D eigenvalue weighted by Gasteiger charge is -1.89. The summed E-state index contributed by atoms with van der Waals surface area (Å²) < 4.78 is 0. The van der Waals surface area contributed by atoms with E-state index in [1.165, 1.54) is 0 Å². The Morgan fingerprint density at radius 1 is 1.36 bits per heavy atom. The minimum Gasteiger partial charge on any atom is -0.481 e. The summed E-state index contributed by atoms with van der Waals surface area (Å²) in [7, 11) is 0. The van der Waals surface area contributed by atoms with Gasteiger partial charge < -0.3 is 10.2 Å². The van der Waals surface area contributed by atoms with Crippen molar-refractivity contribution in [2.24, 2.45) is 5.92 Å². The molecular weight excluding hydrogens is 148 g/mol. The first kappa shape index (κ1) is 12.4. The van der Waals surface area contributed by atoms with Gasteiger partial charge in [-0.25, -0.2) is 4.79 Å². The SMILES string of the molecule is C=CC(=O)O.CC(C)C(=O)O. The van der Waals surface area contributed by atoms with Gasteiger partial charge in [0.25, 0.3) is 0 Å². The van der Waals surface area contributed by atoms with Crippen LogP contribution < -0.4 is 0 Å². The molecule has 0 heterocycles. The maximum Gasteiger partial charge on any atom is 0.327 e. The van der Waals surface area contributed by atoms with Crippen LogP contribution in [0.3, 0.4) is 0 Å². The number of aliphatic carboxylic acids is 2. The Morgan fingerprint density at radius 3 is 1.55 bits per heavy atom. The van der Waals surface area contributed by atoms with Gasteiger partial charge in [0.2, 0.25) is 0 Å². The van der Waals surface area contributed by atoms with E-state index in [9.17, 15) is 9.59 Å². The minimum atomic E-state index is -0.981. The quantitative estimate of drug-likeness (QED) is 0.590. The van der Waals surface area contributed by atoms with Gasteiger partial charge in [0.05, 0.1) is 5.92 Å². The van der Waals surface area contributed by atoms with Crippen molar-refractivity contribution in [2.45, 2.75) is 13.8 Å². The molecule has 0 aromatic carbocycles. The van der Waals surface area contributed by atoms with Gasteiger partial charge in [0, 0.05) is 6.08 Å². The van der Waals surface area contributed by atoms with Gasteiger partial charge in [-0.15, -0.1) is 0 Å². The van der Waals surface area contributed by atoms with E-state index in [0.29, 0.717) is 0 Å². The highest BCUT2D eigenvalue weighted by Gasteiger charge is 1.99. The molecule has 0 saturated carbocycles. The van der Waals surface area contributed by atoms with Crippen LogP contribution in [0.2, 0.25) is 0 Å². The molecule has 0 aromatic rings. The molecule has 0 aliphatic carbocycles. The molecule has 11 heavy (non-hydrogen) atoms. The van der Waals surface area contributed by atoms with E-state index < -0.39 is 11.9 Å². The third-order valence-corrected chi connectivity index (χ3v) is 0.669. The summed E-state index contributed by atoms with van der Waals surface area (Å²) in [6.45, 7) is 6.24. The average molecular weight is 160 g/mol. The predicted molar refractivity (Wildman–Crippen MR) is 40.3 cm³/mol. The zero-order valence-electron chi connectivity index (χ0n) is 6.57. The highest BCUT2D eigenvalue weighted by atomic mass is 16.4. The second kappa shape index (κ2) is 6.80. The van der Waals surface area contributed by atoms with Crippen LogP contribution in [0.25, 0.3) is 0 Å². The molecule has 0 bridgehead atoms. The van der Waals surface area contributed by atoms with Crippen molar-refractivity contribution in [3.05, 3.63) is 12.7 Å². The van der Waals surface area contributed by atoms with Gasteiger partial charge in [0.15, 0.2) is 0 Å². The number of hydrogen-bond acceptors (Lipinski definition) is 2. The monoisotopic (exact) mass is 160 g/mol. The number of carboxylic acid groups (broad SMARTS) is 2. The largest absolute Gasteiger partial charge is 0.481 e. The second-order valence-corrected chi connectivity index (χ2v) is 2.04. The van der Waals surface area contributed by atoms with E-state index in [-0.39, 0.29) is 5.92 Å². The van der Waals surface area contributed by atoms with Gasteiger partial charge in [-0.2, -0.15) is 0 Å². The number of rotatable bonds is 2. The molecule has 0 saturated heterocycles. The first-order valence-corrected chi connectivity index (χ1v) is 3.00. The number of hydrogen-bond donors (Lipinski definition) is 2. The molecule has 0 fully saturated rings. The third kappa shape index (κ3) is 17.7. The van der Waals surface area contributed by atoms with Crippen LogP contribution in [0.5, 0.6) is 0 Å². The van der Waals surface area contributed by atoms with Crippen molar-refractivity contribution < 1.29 is 19.8 Å².